The summed E-state index contributed by atoms with van der Waals surface area (Å²) in [7, 11) is 0. The number of para-hydroxylation sites is 1. The minimum absolute atomic E-state index is 0.292. The van der Waals surface area contributed by atoms with E-state index in [1.54, 1.807) is 19.1 Å². The molecule has 0 aliphatic heterocycles. The molecule has 1 heterocycles. The van der Waals surface area contributed by atoms with Crippen LogP contribution >= 0.6 is 15.9 Å². The molecule has 6 heteroatoms. The van der Waals surface area contributed by atoms with Crippen molar-refractivity contribution < 1.29 is 18.7 Å². The molecule has 0 bridgehead atoms. The number of carbonyl (C=O) groups is 1. The van der Waals surface area contributed by atoms with Crippen molar-refractivity contribution in [2.24, 2.45) is 0 Å². The Balaban J connectivity index is 1.65. The van der Waals surface area contributed by atoms with Gasteiger partial charge < -0.3 is 9.47 Å². The Morgan fingerprint density at radius 1 is 1.06 bits per heavy atom. The largest absolute Gasteiger partial charge is 0.488 e. The highest BCUT2D eigenvalue weighted by Gasteiger charge is 2.22. The average Bonchev–Trinajstić information content (AvgIpc) is 3.29. The molecule has 1 aliphatic rings. The van der Waals surface area contributed by atoms with Crippen molar-refractivity contribution in [1.82, 2.24) is 4.98 Å². The monoisotopic (exact) mass is 495 g/mol. The first-order valence-electron chi connectivity index (χ1n) is 10.6. The van der Waals surface area contributed by atoms with Gasteiger partial charge in [0.1, 0.15) is 23.9 Å². The van der Waals surface area contributed by atoms with Gasteiger partial charge in [-0.25, -0.2) is 14.2 Å². The van der Waals surface area contributed by atoms with E-state index in [-0.39, 0.29) is 5.82 Å². The molecule has 0 radical (unpaired) electrons. The van der Waals surface area contributed by atoms with Crippen LogP contribution in [0.15, 0.2) is 65.1 Å². The smallest absolute Gasteiger partial charge is 0.356 e. The van der Waals surface area contributed by atoms with Crippen LogP contribution < -0.4 is 4.74 Å². The van der Waals surface area contributed by atoms with Crippen molar-refractivity contribution in [2.45, 2.75) is 32.8 Å². The van der Waals surface area contributed by atoms with Crippen molar-refractivity contribution in [3.8, 4) is 5.75 Å². The summed E-state index contributed by atoms with van der Waals surface area (Å²) in [4.78, 5) is 16.7. The molecule has 4 nitrogen and oxygen atoms in total. The summed E-state index contributed by atoms with van der Waals surface area (Å²) < 4.78 is 25.3. The van der Waals surface area contributed by atoms with E-state index in [0.717, 1.165) is 47.4 Å². The lowest BCUT2D eigenvalue weighted by Gasteiger charge is -2.15. The fourth-order valence-corrected chi connectivity index (χ4v) is 4.35. The SMILES string of the molecule is CCOC(=O)c1cccc(C2=C(c3ccccc3OCc3ccc(F)cc3Br)CCC2)n1. The summed E-state index contributed by atoms with van der Waals surface area (Å²) in [6.45, 7) is 2.41. The zero-order valence-corrected chi connectivity index (χ0v) is 19.3. The van der Waals surface area contributed by atoms with E-state index in [4.69, 9.17) is 9.47 Å². The Bertz CT molecular complexity index is 1180. The van der Waals surface area contributed by atoms with E-state index in [1.807, 2.05) is 36.4 Å². The average molecular weight is 496 g/mol. The maximum atomic E-state index is 13.4. The molecule has 4 rings (SSSR count). The first-order chi connectivity index (χ1) is 15.6. The molecule has 0 amide bonds. The summed E-state index contributed by atoms with van der Waals surface area (Å²) in [5, 5.41) is 0. The first kappa shape index (κ1) is 22.2. The van der Waals surface area contributed by atoms with Crippen LogP contribution in [0, 0.1) is 5.82 Å². The van der Waals surface area contributed by atoms with Crippen LogP contribution in [-0.2, 0) is 11.3 Å². The normalized spacial score (nSPS) is 13.3. The zero-order chi connectivity index (χ0) is 22.5. The lowest BCUT2D eigenvalue weighted by atomic mass is 9.99. The van der Waals surface area contributed by atoms with E-state index >= 15 is 0 Å². The number of esters is 1. The zero-order valence-electron chi connectivity index (χ0n) is 17.7. The van der Waals surface area contributed by atoms with Gasteiger partial charge in [-0.3, -0.25) is 0 Å². The third-order valence-corrected chi connectivity index (χ3v) is 6.11. The predicted octanol–water partition coefficient (Wildman–Crippen LogP) is 6.83. The quantitative estimate of drug-likeness (QED) is 0.337. The minimum atomic E-state index is -0.414. The number of pyridine rings is 1. The molecule has 0 atom stereocenters. The summed E-state index contributed by atoms with van der Waals surface area (Å²) in [6.07, 6.45) is 2.79. The van der Waals surface area contributed by atoms with Gasteiger partial charge in [-0.15, -0.1) is 0 Å². The van der Waals surface area contributed by atoms with Crippen LogP contribution in [0.25, 0.3) is 11.1 Å². The Kier molecular flexibility index (Phi) is 7.00. The third kappa shape index (κ3) is 4.91. The number of allylic oxidation sites excluding steroid dienone is 2. The summed E-state index contributed by atoms with van der Waals surface area (Å²) in [6, 6.07) is 17.9. The number of benzene rings is 2. The molecule has 0 N–H and O–H groups in total. The van der Waals surface area contributed by atoms with Gasteiger partial charge >= 0.3 is 5.97 Å². The van der Waals surface area contributed by atoms with Crippen LogP contribution in [-0.4, -0.2) is 17.6 Å². The van der Waals surface area contributed by atoms with Gasteiger partial charge in [-0.1, -0.05) is 46.3 Å². The second-order valence-corrected chi connectivity index (χ2v) is 8.31. The molecule has 32 heavy (non-hydrogen) atoms. The number of ether oxygens (including phenoxy) is 2. The van der Waals surface area contributed by atoms with Gasteiger partial charge in [0, 0.05) is 15.6 Å². The number of nitrogens with zero attached hydrogens (tertiary/aromatic N) is 1. The van der Waals surface area contributed by atoms with Crippen molar-refractivity contribution in [3.63, 3.8) is 0 Å². The van der Waals surface area contributed by atoms with E-state index in [1.165, 1.54) is 17.7 Å². The maximum Gasteiger partial charge on any atom is 0.356 e. The maximum absolute atomic E-state index is 13.4. The van der Waals surface area contributed by atoms with Gasteiger partial charge in [-0.2, -0.15) is 0 Å². The summed E-state index contributed by atoms with van der Waals surface area (Å²) in [5.74, 6) is 0.0575. The van der Waals surface area contributed by atoms with Gasteiger partial charge in [-0.05, 0) is 67.7 Å². The molecule has 0 saturated carbocycles. The number of halogens is 2. The van der Waals surface area contributed by atoms with Gasteiger partial charge in [0.2, 0.25) is 0 Å². The number of carbonyl (C=O) groups excluding carboxylic acids is 1. The standard InChI is InChI=1S/C26H23BrFNO3/c1-2-31-26(30)24-11-6-10-23(29-24)20-9-5-8-19(20)21-7-3-4-12-25(21)32-16-17-13-14-18(28)15-22(17)27/h3-4,6-7,10-15H,2,5,8-9,16H2,1H3. The molecule has 1 aromatic heterocycles. The summed E-state index contributed by atoms with van der Waals surface area (Å²) in [5.41, 5.74) is 5.28. The second kappa shape index (κ2) is 10.1. The molecule has 164 valence electrons. The van der Waals surface area contributed by atoms with Gasteiger partial charge in [0.25, 0.3) is 0 Å². The number of hydrogen-bond donors (Lipinski definition) is 0. The highest BCUT2D eigenvalue weighted by atomic mass is 79.9. The van der Waals surface area contributed by atoms with Crippen LogP contribution in [0.1, 0.15) is 53.5 Å². The molecule has 0 spiro atoms. The van der Waals surface area contributed by atoms with E-state index in [0.29, 0.717) is 23.4 Å². The topological polar surface area (TPSA) is 48.4 Å². The molecule has 2 aromatic carbocycles. The van der Waals surface area contributed by atoms with Crippen molar-refractivity contribution in [1.29, 1.82) is 0 Å². The lowest BCUT2D eigenvalue weighted by molar-refractivity contribution is 0.0519. The number of hydrogen-bond acceptors (Lipinski definition) is 4. The van der Waals surface area contributed by atoms with E-state index < -0.39 is 5.97 Å². The minimum Gasteiger partial charge on any atom is -0.488 e. The molecule has 3 aromatic rings. The molecule has 1 aliphatic carbocycles. The number of rotatable bonds is 7. The summed E-state index contributed by atoms with van der Waals surface area (Å²) >= 11 is 3.40. The first-order valence-corrected chi connectivity index (χ1v) is 11.4. The lowest BCUT2D eigenvalue weighted by Crippen LogP contribution is -2.08. The molecular weight excluding hydrogens is 473 g/mol. The van der Waals surface area contributed by atoms with E-state index in [9.17, 15) is 9.18 Å². The third-order valence-electron chi connectivity index (χ3n) is 5.37. The van der Waals surface area contributed by atoms with Crippen molar-refractivity contribution >= 4 is 33.0 Å². The Labute approximate surface area is 195 Å². The molecule has 0 fully saturated rings. The van der Waals surface area contributed by atoms with Crippen molar-refractivity contribution in [2.75, 3.05) is 6.61 Å². The predicted molar refractivity (Wildman–Crippen MR) is 126 cm³/mol. The Morgan fingerprint density at radius 2 is 1.88 bits per heavy atom. The van der Waals surface area contributed by atoms with Gasteiger partial charge in [0.15, 0.2) is 0 Å². The molecule has 0 unspecified atom stereocenters. The van der Waals surface area contributed by atoms with Crippen LogP contribution in [0.5, 0.6) is 5.75 Å². The van der Waals surface area contributed by atoms with Crippen LogP contribution in [0.2, 0.25) is 0 Å². The number of aromatic nitrogens is 1. The molecular formula is C26H23BrFNO3. The van der Waals surface area contributed by atoms with Crippen molar-refractivity contribution in [3.05, 3.63) is 93.5 Å². The van der Waals surface area contributed by atoms with Crippen LogP contribution in [0.3, 0.4) is 0 Å². The highest BCUT2D eigenvalue weighted by Crippen LogP contribution is 2.42. The highest BCUT2D eigenvalue weighted by molar-refractivity contribution is 9.10. The van der Waals surface area contributed by atoms with Crippen LogP contribution in [0.4, 0.5) is 4.39 Å². The fraction of sp³-hybridized carbons (Fsp3) is 0.231. The fourth-order valence-electron chi connectivity index (χ4n) is 3.88. The second-order valence-electron chi connectivity index (χ2n) is 7.46. The molecule has 0 saturated heterocycles. The van der Waals surface area contributed by atoms with Gasteiger partial charge in [0.05, 0.1) is 12.3 Å². The van der Waals surface area contributed by atoms with E-state index in [2.05, 4.69) is 20.9 Å². The Morgan fingerprint density at radius 3 is 2.69 bits per heavy atom. The Hall–Kier alpha value is -2.99.